The van der Waals surface area contributed by atoms with E-state index in [1.54, 1.807) is 0 Å². The number of hydrogen-bond donors (Lipinski definition) is 0. The molecule has 3 heteroatoms. The van der Waals surface area contributed by atoms with Gasteiger partial charge in [-0.25, -0.2) is 0 Å². The number of nitrogens with zero attached hydrogens (tertiary/aromatic N) is 2. The SMILES string of the molecule is CCN(CC)c1ccc(C(=O)c2ccc(N(CC)CC)c(C)c2)cc1. The third-order valence-corrected chi connectivity index (χ3v) is 4.82. The molecule has 0 saturated carbocycles. The van der Waals surface area contributed by atoms with E-state index in [-0.39, 0.29) is 5.78 Å². The molecule has 0 heterocycles. The molecule has 134 valence electrons. The molecule has 0 bridgehead atoms. The van der Waals surface area contributed by atoms with Crippen molar-refractivity contribution in [3.05, 3.63) is 59.2 Å². The molecule has 0 radical (unpaired) electrons. The fourth-order valence-corrected chi connectivity index (χ4v) is 3.29. The van der Waals surface area contributed by atoms with Gasteiger partial charge in [0.1, 0.15) is 0 Å². The Morgan fingerprint density at radius 3 is 1.76 bits per heavy atom. The molecule has 0 unspecified atom stereocenters. The number of rotatable bonds is 8. The number of carbonyl (C=O) groups is 1. The van der Waals surface area contributed by atoms with Crippen molar-refractivity contribution in [2.75, 3.05) is 36.0 Å². The number of aryl methyl sites for hydroxylation is 1. The van der Waals surface area contributed by atoms with Gasteiger partial charge in [-0.3, -0.25) is 4.79 Å². The number of ketones is 1. The van der Waals surface area contributed by atoms with E-state index < -0.39 is 0 Å². The lowest BCUT2D eigenvalue weighted by molar-refractivity contribution is 0.103. The standard InChI is InChI=1S/C22H30N2O/c1-6-23(7-2)20-13-10-18(11-14-20)22(25)19-12-15-21(17(5)16-19)24(8-3)9-4/h10-16H,6-9H2,1-5H3. The molecule has 0 atom stereocenters. The van der Waals surface area contributed by atoms with Crippen molar-refractivity contribution >= 4 is 17.2 Å². The van der Waals surface area contributed by atoms with Crippen LogP contribution in [-0.2, 0) is 0 Å². The molecule has 2 aromatic rings. The molecular weight excluding hydrogens is 308 g/mol. The first kappa shape index (κ1) is 19.0. The highest BCUT2D eigenvalue weighted by Gasteiger charge is 2.13. The quantitative estimate of drug-likeness (QED) is 0.638. The lowest BCUT2D eigenvalue weighted by Crippen LogP contribution is -2.22. The molecule has 2 rings (SSSR count). The number of benzene rings is 2. The second-order valence-corrected chi connectivity index (χ2v) is 6.22. The van der Waals surface area contributed by atoms with Crippen molar-refractivity contribution in [3.63, 3.8) is 0 Å². The largest absolute Gasteiger partial charge is 0.372 e. The van der Waals surface area contributed by atoms with E-state index in [1.807, 2.05) is 36.4 Å². The zero-order chi connectivity index (χ0) is 18.4. The Kier molecular flexibility index (Phi) is 6.63. The maximum atomic E-state index is 12.8. The predicted molar refractivity (Wildman–Crippen MR) is 108 cm³/mol. The van der Waals surface area contributed by atoms with Crippen LogP contribution in [0.4, 0.5) is 11.4 Å². The Balaban J connectivity index is 2.24. The van der Waals surface area contributed by atoms with Gasteiger partial charge in [0.25, 0.3) is 0 Å². The van der Waals surface area contributed by atoms with E-state index in [1.165, 1.54) is 5.69 Å². The summed E-state index contributed by atoms with van der Waals surface area (Å²) >= 11 is 0. The van der Waals surface area contributed by atoms with Gasteiger partial charge in [0.05, 0.1) is 0 Å². The van der Waals surface area contributed by atoms with Crippen LogP contribution in [0.5, 0.6) is 0 Å². The third-order valence-electron chi connectivity index (χ3n) is 4.82. The van der Waals surface area contributed by atoms with Crippen LogP contribution in [0.15, 0.2) is 42.5 Å². The van der Waals surface area contributed by atoms with Crippen LogP contribution in [0.2, 0.25) is 0 Å². The van der Waals surface area contributed by atoms with Crippen LogP contribution < -0.4 is 9.80 Å². The highest BCUT2D eigenvalue weighted by molar-refractivity contribution is 6.09. The van der Waals surface area contributed by atoms with Crippen LogP contribution in [0, 0.1) is 6.92 Å². The first-order valence-electron chi connectivity index (χ1n) is 9.30. The fourth-order valence-electron chi connectivity index (χ4n) is 3.29. The normalized spacial score (nSPS) is 10.6. The predicted octanol–water partition coefficient (Wildman–Crippen LogP) is 4.92. The Morgan fingerprint density at radius 1 is 0.760 bits per heavy atom. The topological polar surface area (TPSA) is 23.6 Å². The van der Waals surface area contributed by atoms with Gasteiger partial charge in [0.2, 0.25) is 0 Å². The zero-order valence-corrected chi connectivity index (χ0v) is 16.2. The molecule has 0 aliphatic heterocycles. The van der Waals surface area contributed by atoms with Gasteiger partial charge in [0.15, 0.2) is 5.78 Å². The van der Waals surface area contributed by atoms with Crippen molar-refractivity contribution in [1.82, 2.24) is 0 Å². The maximum absolute atomic E-state index is 12.8. The van der Waals surface area contributed by atoms with Gasteiger partial charge >= 0.3 is 0 Å². The summed E-state index contributed by atoms with van der Waals surface area (Å²) in [4.78, 5) is 17.4. The van der Waals surface area contributed by atoms with Gasteiger partial charge in [-0.1, -0.05) is 0 Å². The summed E-state index contributed by atoms with van der Waals surface area (Å²) in [5.74, 6) is 0.0836. The van der Waals surface area contributed by atoms with Crippen LogP contribution >= 0.6 is 0 Å². The summed E-state index contributed by atoms with van der Waals surface area (Å²) in [5, 5.41) is 0. The summed E-state index contributed by atoms with van der Waals surface area (Å²) in [6, 6.07) is 14.0. The molecule has 0 saturated heterocycles. The monoisotopic (exact) mass is 338 g/mol. The Morgan fingerprint density at radius 2 is 1.28 bits per heavy atom. The summed E-state index contributed by atoms with van der Waals surface area (Å²) < 4.78 is 0. The first-order valence-corrected chi connectivity index (χ1v) is 9.30. The van der Waals surface area contributed by atoms with Crippen LogP contribution in [0.3, 0.4) is 0 Å². The Bertz CT molecular complexity index is 698. The molecule has 2 aromatic carbocycles. The molecule has 0 amide bonds. The molecule has 0 N–H and O–H groups in total. The minimum Gasteiger partial charge on any atom is -0.372 e. The second kappa shape index (κ2) is 8.70. The Labute approximate surface area is 152 Å². The van der Waals surface area contributed by atoms with E-state index in [0.29, 0.717) is 0 Å². The van der Waals surface area contributed by atoms with Crippen LogP contribution in [0.1, 0.15) is 49.2 Å². The molecule has 0 fully saturated rings. The molecule has 0 aliphatic carbocycles. The summed E-state index contributed by atoms with van der Waals surface area (Å²) in [6.45, 7) is 14.5. The van der Waals surface area contributed by atoms with E-state index >= 15 is 0 Å². The zero-order valence-electron chi connectivity index (χ0n) is 16.2. The maximum Gasteiger partial charge on any atom is 0.193 e. The van der Waals surface area contributed by atoms with Gasteiger partial charge < -0.3 is 9.80 Å². The summed E-state index contributed by atoms with van der Waals surface area (Å²) in [7, 11) is 0. The van der Waals surface area contributed by atoms with Crippen molar-refractivity contribution in [2.24, 2.45) is 0 Å². The van der Waals surface area contributed by atoms with Crippen molar-refractivity contribution in [2.45, 2.75) is 34.6 Å². The highest BCUT2D eigenvalue weighted by Crippen LogP contribution is 2.23. The summed E-state index contributed by atoms with van der Waals surface area (Å²) in [5.41, 5.74) is 5.01. The lowest BCUT2D eigenvalue weighted by atomic mass is 10.00. The van der Waals surface area contributed by atoms with E-state index in [9.17, 15) is 4.79 Å². The van der Waals surface area contributed by atoms with Gasteiger partial charge in [-0.2, -0.15) is 0 Å². The second-order valence-electron chi connectivity index (χ2n) is 6.22. The van der Waals surface area contributed by atoms with Crippen LogP contribution in [0.25, 0.3) is 0 Å². The Hall–Kier alpha value is -2.29. The molecule has 0 aliphatic rings. The fraction of sp³-hybridized carbons (Fsp3) is 0.409. The van der Waals surface area contributed by atoms with E-state index in [2.05, 4.69) is 50.5 Å². The lowest BCUT2D eigenvalue weighted by Gasteiger charge is -2.23. The van der Waals surface area contributed by atoms with Crippen molar-refractivity contribution < 1.29 is 4.79 Å². The van der Waals surface area contributed by atoms with Gasteiger partial charge in [0, 0.05) is 48.7 Å². The smallest absolute Gasteiger partial charge is 0.193 e. The average molecular weight is 338 g/mol. The minimum absolute atomic E-state index is 0.0836. The summed E-state index contributed by atoms with van der Waals surface area (Å²) in [6.07, 6.45) is 0. The first-order chi connectivity index (χ1) is 12.0. The highest BCUT2D eigenvalue weighted by atomic mass is 16.1. The molecular formula is C22H30N2O. The van der Waals surface area contributed by atoms with Crippen molar-refractivity contribution in [3.8, 4) is 0 Å². The minimum atomic E-state index is 0.0836. The van der Waals surface area contributed by atoms with Crippen LogP contribution in [-0.4, -0.2) is 32.0 Å². The van der Waals surface area contributed by atoms with E-state index in [0.717, 1.165) is 48.6 Å². The van der Waals surface area contributed by atoms with Gasteiger partial charge in [-0.15, -0.1) is 0 Å². The third kappa shape index (κ3) is 4.22. The van der Waals surface area contributed by atoms with E-state index in [4.69, 9.17) is 0 Å². The number of carbonyl (C=O) groups excluding carboxylic acids is 1. The van der Waals surface area contributed by atoms with Crippen molar-refractivity contribution in [1.29, 1.82) is 0 Å². The number of hydrogen-bond acceptors (Lipinski definition) is 3. The molecule has 0 spiro atoms. The van der Waals surface area contributed by atoms with Gasteiger partial charge in [-0.05, 0) is 82.6 Å². The average Bonchev–Trinajstić information content (AvgIpc) is 2.65. The number of anilines is 2. The molecule has 0 aromatic heterocycles. The molecule has 3 nitrogen and oxygen atoms in total. The molecule has 25 heavy (non-hydrogen) atoms.